The van der Waals surface area contributed by atoms with Crippen molar-refractivity contribution in [2.24, 2.45) is 11.1 Å². The average Bonchev–Trinajstić information content (AvgIpc) is 3.43. The zero-order valence-electron chi connectivity index (χ0n) is 23.6. The molecule has 1 atom stereocenters. The third-order valence-corrected chi connectivity index (χ3v) is 9.20. The SMILES string of the molecule is COc1ccc(C2C(C#N)=C(N)N(c3nnc(SCC(=O)Nc4ccc(C(=O)O)cc4)s3)C3=C2C(=O)CC(C)(C)C3)cc1. The van der Waals surface area contributed by atoms with Gasteiger partial charge in [-0.3, -0.25) is 14.5 Å². The molecule has 5 rings (SSSR count). The molecular formula is C30H28N6O5S2. The summed E-state index contributed by atoms with van der Waals surface area (Å²) in [4.78, 5) is 38.9. The van der Waals surface area contributed by atoms with Crippen LogP contribution in [0.3, 0.4) is 0 Å². The quantitative estimate of drug-likeness (QED) is 0.294. The number of hydrogen-bond donors (Lipinski definition) is 3. The topological polar surface area (TPSA) is 172 Å². The van der Waals surface area contributed by atoms with E-state index in [1.54, 1.807) is 24.1 Å². The summed E-state index contributed by atoms with van der Waals surface area (Å²) in [5.74, 6) is -1.16. The normalized spacial score (nSPS) is 17.8. The van der Waals surface area contributed by atoms with Gasteiger partial charge in [0.2, 0.25) is 11.0 Å². The van der Waals surface area contributed by atoms with Crippen LogP contribution in [-0.2, 0) is 9.59 Å². The Morgan fingerprint density at radius 2 is 1.88 bits per heavy atom. The van der Waals surface area contributed by atoms with Crippen molar-refractivity contribution in [3.8, 4) is 11.8 Å². The number of nitrogens with two attached hydrogens (primary N) is 1. The molecule has 1 aliphatic carbocycles. The van der Waals surface area contributed by atoms with Crippen LogP contribution < -0.4 is 20.7 Å². The number of methoxy groups -OCH3 is 1. The summed E-state index contributed by atoms with van der Waals surface area (Å²) in [5.41, 5.74) is 9.15. The number of carboxylic acid groups (broad SMARTS) is 1. The largest absolute Gasteiger partial charge is 0.497 e. The number of anilines is 2. The Morgan fingerprint density at radius 1 is 1.19 bits per heavy atom. The lowest BCUT2D eigenvalue weighted by Gasteiger charge is -2.42. The monoisotopic (exact) mass is 616 g/mol. The van der Waals surface area contributed by atoms with Gasteiger partial charge in [0.15, 0.2) is 10.1 Å². The maximum Gasteiger partial charge on any atom is 0.335 e. The lowest BCUT2D eigenvalue weighted by Crippen LogP contribution is -2.42. The first kappa shape index (κ1) is 29.8. The van der Waals surface area contributed by atoms with Crippen molar-refractivity contribution in [3.05, 3.63) is 82.3 Å². The first-order valence-corrected chi connectivity index (χ1v) is 15.0. The fourth-order valence-corrected chi connectivity index (χ4v) is 6.91. The highest BCUT2D eigenvalue weighted by Gasteiger charge is 2.45. The third kappa shape index (κ3) is 6.11. The van der Waals surface area contributed by atoms with Gasteiger partial charge in [-0.15, -0.1) is 10.2 Å². The number of nitriles is 1. The van der Waals surface area contributed by atoms with Crippen molar-refractivity contribution in [1.82, 2.24) is 10.2 Å². The smallest absolute Gasteiger partial charge is 0.335 e. The maximum atomic E-state index is 13.7. The molecule has 13 heteroatoms. The number of ketones is 1. The average molecular weight is 617 g/mol. The number of nitrogens with one attached hydrogen (secondary N) is 1. The fraction of sp³-hybridized carbons (Fsp3) is 0.267. The van der Waals surface area contributed by atoms with Gasteiger partial charge in [-0.1, -0.05) is 49.1 Å². The molecule has 1 aromatic heterocycles. The highest BCUT2D eigenvalue weighted by atomic mass is 32.2. The summed E-state index contributed by atoms with van der Waals surface area (Å²) in [6.07, 6.45) is 0.863. The van der Waals surface area contributed by atoms with E-state index in [9.17, 15) is 19.6 Å². The number of carboxylic acids is 1. The minimum absolute atomic E-state index is 0.0308. The van der Waals surface area contributed by atoms with Crippen LogP contribution in [0.4, 0.5) is 10.8 Å². The number of aromatic carboxylic acids is 1. The molecule has 2 aromatic carbocycles. The molecule has 4 N–H and O–H groups in total. The van der Waals surface area contributed by atoms with Gasteiger partial charge in [-0.2, -0.15) is 5.26 Å². The molecule has 0 spiro atoms. The summed E-state index contributed by atoms with van der Waals surface area (Å²) < 4.78 is 5.79. The second-order valence-electron chi connectivity index (χ2n) is 10.8. The number of benzene rings is 2. The standard InChI is InChI=1S/C30H28N6O5S2/c1-30(2)12-21-25(22(37)13-30)24(16-6-10-19(41-3)11-7-16)20(14-31)26(32)36(21)28-34-35-29(43-28)42-15-23(38)33-18-8-4-17(5-9-18)27(39)40/h4-11,24H,12-13,15,32H2,1-3H3,(H,33,38)(H,39,40). The lowest BCUT2D eigenvalue weighted by molar-refractivity contribution is -0.118. The van der Waals surface area contributed by atoms with E-state index >= 15 is 0 Å². The van der Waals surface area contributed by atoms with Gasteiger partial charge < -0.3 is 20.9 Å². The van der Waals surface area contributed by atoms with E-state index in [4.69, 9.17) is 15.6 Å². The number of Topliss-reactive ketones (excluding diaryl/α,β-unsaturated/α-hetero) is 1. The molecule has 11 nitrogen and oxygen atoms in total. The number of carbonyl (C=O) groups excluding carboxylic acids is 2. The van der Waals surface area contributed by atoms with Gasteiger partial charge in [0, 0.05) is 23.4 Å². The number of carbonyl (C=O) groups is 3. The number of aromatic nitrogens is 2. The van der Waals surface area contributed by atoms with Crippen molar-refractivity contribution in [3.63, 3.8) is 0 Å². The summed E-state index contributed by atoms with van der Waals surface area (Å²) >= 11 is 2.38. The number of rotatable bonds is 8. The zero-order chi connectivity index (χ0) is 30.9. The molecule has 0 saturated carbocycles. The number of ether oxygens (including phenoxy) is 1. The summed E-state index contributed by atoms with van der Waals surface area (Å²) in [6.45, 7) is 4.04. The number of allylic oxidation sites excluding steroid dienone is 3. The lowest BCUT2D eigenvalue weighted by atomic mass is 9.68. The van der Waals surface area contributed by atoms with Crippen molar-refractivity contribution in [2.45, 2.75) is 36.9 Å². The molecule has 2 heterocycles. The van der Waals surface area contributed by atoms with Crippen LogP contribution in [0.25, 0.3) is 0 Å². The van der Waals surface area contributed by atoms with Crippen LogP contribution in [-0.4, -0.2) is 45.8 Å². The molecule has 0 saturated heterocycles. The third-order valence-electron chi connectivity index (χ3n) is 7.16. The first-order chi connectivity index (χ1) is 20.5. The van der Waals surface area contributed by atoms with Gasteiger partial charge in [0.05, 0.1) is 36.0 Å². The van der Waals surface area contributed by atoms with Crippen molar-refractivity contribution >= 4 is 51.6 Å². The van der Waals surface area contributed by atoms with Gasteiger partial charge in [0.25, 0.3) is 0 Å². The molecule has 1 unspecified atom stereocenters. The van der Waals surface area contributed by atoms with Crippen molar-refractivity contribution in [2.75, 3.05) is 23.1 Å². The summed E-state index contributed by atoms with van der Waals surface area (Å²) in [6, 6.07) is 15.4. The van der Waals surface area contributed by atoms with Gasteiger partial charge in [-0.25, -0.2) is 4.79 Å². The van der Waals surface area contributed by atoms with Gasteiger partial charge >= 0.3 is 5.97 Å². The summed E-state index contributed by atoms with van der Waals surface area (Å²) in [7, 11) is 1.57. The second-order valence-corrected chi connectivity index (χ2v) is 13.0. The van der Waals surface area contributed by atoms with Crippen molar-refractivity contribution in [1.29, 1.82) is 5.26 Å². The Hall–Kier alpha value is -4.67. The van der Waals surface area contributed by atoms with Crippen molar-refractivity contribution < 1.29 is 24.2 Å². The van der Waals surface area contributed by atoms with E-state index in [1.807, 2.05) is 26.0 Å². The highest BCUT2D eigenvalue weighted by Crippen LogP contribution is 2.50. The van der Waals surface area contributed by atoms with Crippen LogP contribution in [0.15, 0.2) is 75.5 Å². The molecule has 0 bridgehead atoms. The molecule has 1 amide bonds. The molecule has 0 fully saturated rings. The number of amides is 1. The Morgan fingerprint density at radius 3 is 2.51 bits per heavy atom. The molecule has 3 aromatic rings. The van der Waals surface area contributed by atoms with E-state index in [-0.39, 0.29) is 39.8 Å². The first-order valence-electron chi connectivity index (χ1n) is 13.2. The minimum Gasteiger partial charge on any atom is -0.497 e. The number of hydrogen-bond acceptors (Lipinski definition) is 11. The van der Waals surface area contributed by atoms with E-state index in [1.165, 1.54) is 47.4 Å². The van der Waals surface area contributed by atoms with Crippen LogP contribution in [0.2, 0.25) is 0 Å². The van der Waals surface area contributed by atoms with E-state index in [2.05, 4.69) is 21.6 Å². The number of nitrogens with zero attached hydrogens (tertiary/aromatic N) is 4. The Labute approximate surface area is 256 Å². The number of thioether (sulfide) groups is 1. The predicted molar refractivity (Wildman–Crippen MR) is 163 cm³/mol. The predicted octanol–water partition coefficient (Wildman–Crippen LogP) is 4.92. The Kier molecular flexibility index (Phi) is 8.25. The van der Waals surface area contributed by atoms with Crippen LogP contribution >= 0.6 is 23.1 Å². The maximum absolute atomic E-state index is 13.7. The van der Waals surface area contributed by atoms with Gasteiger partial charge in [-0.05, 0) is 53.8 Å². The minimum atomic E-state index is -1.05. The zero-order valence-corrected chi connectivity index (χ0v) is 25.2. The van der Waals surface area contributed by atoms with E-state index in [0.29, 0.717) is 45.0 Å². The van der Waals surface area contributed by atoms with Crippen LogP contribution in [0.5, 0.6) is 5.75 Å². The molecule has 43 heavy (non-hydrogen) atoms. The van der Waals surface area contributed by atoms with E-state index < -0.39 is 11.9 Å². The molecule has 2 aliphatic rings. The summed E-state index contributed by atoms with van der Waals surface area (Å²) in [5, 5.41) is 31.0. The Balaban J connectivity index is 1.42. The van der Waals surface area contributed by atoms with E-state index in [0.717, 1.165) is 5.56 Å². The van der Waals surface area contributed by atoms with Crippen LogP contribution in [0.1, 0.15) is 48.5 Å². The van der Waals surface area contributed by atoms with Crippen LogP contribution in [0, 0.1) is 16.7 Å². The molecule has 1 aliphatic heterocycles. The molecule has 220 valence electrons. The van der Waals surface area contributed by atoms with Gasteiger partial charge in [0.1, 0.15) is 11.6 Å². The fourth-order valence-electron chi connectivity index (χ4n) is 5.23. The highest BCUT2D eigenvalue weighted by molar-refractivity contribution is 8.01. The Bertz CT molecular complexity index is 1700. The molecular weight excluding hydrogens is 589 g/mol. The molecule has 0 radical (unpaired) electrons. The second kappa shape index (κ2) is 11.9.